The maximum atomic E-state index is 12.4. The van der Waals surface area contributed by atoms with Crippen LogP contribution in [0.5, 0.6) is 0 Å². The number of carbonyl (C=O) groups is 1. The van der Waals surface area contributed by atoms with Crippen LogP contribution in [0.2, 0.25) is 0 Å². The Morgan fingerprint density at radius 1 is 1.05 bits per heavy atom. The van der Waals surface area contributed by atoms with Gasteiger partial charge in [-0.25, -0.2) is 0 Å². The summed E-state index contributed by atoms with van der Waals surface area (Å²) in [7, 11) is 2.02. The Labute approximate surface area is 117 Å². The van der Waals surface area contributed by atoms with Crippen LogP contribution in [0.25, 0.3) is 0 Å². The van der Waals surface area contributed by atoms with Gasteiger partial charge in [0.15, 0.2) is 0 Å². The Bertz CT molecular complexity index is 344. The minimum atomic E-state index is -0.239. The van der Waals surface area contributed by atoms with E-state index in [1.54, 1.807) is 0 Å². The van der Waals surface area contributed by atoms with Gasteiger partial charge in [-0.05, 0) is 61.7 Å². The van der Waals surface area contributed by atoms with Crippen molar-refractivity contribution >= 4 is 5.91 Å². The molecule has 0 unspecified atom stereocenters. The maximum Gasteiger partial charge on any atom is 0.227 e. The van der Waals surface area contributed by atoms with Gasteiger partial charge in [0.05, 0.1) is 0 Å². The molecule has 4 rings (SSSR count). The first-order chi connectivity index (χ1) is 8.77. The monoisotopic (exact) mass is 263 g/mol. The second-order valence-electron chi connectivity index (χ2n) is 8.83. The number of nitrogens with zero attached hydrogens (tertiary/aromatic N) is 1. The van der Waals surface area contributed by atoms with E-state index in [0.717, 1.165) is 24.3 Å². The highest BCUT2D eigenvalue weighted by atomic mass is 16.2. The average molecular weight is 263 g/mol. The fourth-order valence-corrected chi connectivity index (χ4v) is 5.63. The summed E-state index contributed by atoms with van der Waals surface area (Å²) in [6.45, 7) is 7.11. The van der Waals surface area contributed by atoms with Crippen LogP contribution in [-0.4, -0.2) is 24.4 Å². The lowest BCUT2D eigenvalue weighted by Gasteiger charge is -2.57. The first-order valence-corrected chi connectivity index (χ1v) is 8.03. The predicted octanol–water partition coefficient (Wildman–Crippen LogP) is 3.71. The lowest BCUT2D eigenvalue weighted by Crippen LogP contribution is -2.52. The Morgan fingerprint density at radius 3 is 1.84 bits per heavy atom. The summed E-state index contributed by atoms with van der Waals surface area (Å²) in [4.78, 5) is 14.4. The van der Waals surface area contributed by atoms with E-state index in [-0.39, 0.29) is 5.41 Å². The van der Waals surface area contributed by atoms with E-state index in [1.807, 2.05) is 32.7 Å². The van der Waals surface area contributed by atoms with Crippen molar-refractivity contribution in [3.63, 3.8) is 0 Å². The van der Waals surface area contributed by atoms with Gasteiger partial charge in [-0.3, -0.25) is 4.79 Å². The molecule has 0 heterocycles. The van der Waals surface area contributed by atoms with Gasteiger partial charge in [-0.2, -0.15) is 0 Å². The van der Waals surface area contributed by atoms with Crippen molar-refractivity contribution in [3.8, 4) is 0 Å². The Kier molecular flexibility index (Phi) is 3.00. The van der Waals surface area contributed by atoms with Crippen molar-refractivity contribution in [2.24, 2.45) is 28.6 Å². The molecule has 4 aliphatic rings. The molecule has 0 aromatic heterocycles. The first-order valence-electron chi connectivity index (χ1n) is 8.03. The summed E-state index contributed by atoms with van der Waals surface area (Å²) in [6.07, 6.45) is 8.62. The standard InChI is InChI=1S/C17H29NO/c1-16(2,3)15(19)18(4)11-17-8-12-5-13(9-17)7-14(6-12)10-17/h12-14H,5-11H2,1-4H3. The Hall–Kier alpha value is -0.530. The second kappa shape index (κ2) is 4.23. The molecule has 4 bridgehead atoms. The van der Waals surface area contributed by atoms with Crippen LogP contribution < -0.4 is 0 Å². The quantitative estimate of drug-likeness (QED) is 0.744. The highest BCUT2D eigenvalue weighted by Gasteiger charge is 2.51. The number of hydrogen-bond donors (Lipinski definition) is 0. The summed E-state index contributed by atoms with van der Waals surface area (Å²) in [6, 6.07) is 0. The fraction of sp³-hybridized carbons (Fsp3) is 0.941. The molecule has 2 nitrogen and oxygen atoms in total. The van der Waals surface area contributed by atoms with Gasteiger partial charge < -0.3 is 4.90 Å². The van der Waals surface area contributed by atoms with Crippen LogP contribution in [-0.2, 0) is 4.79 Å². The van der Waals surface area contributed by atoms with Gasteiger partial charge in [0.25, 0.3) is 0 Å². The summed E-state index contributed by atoms with van der Waals surface area (Å²) < 4.78 is 0. The Morgan fingerprint density at radius 2 is 1.47 bits per heavy atom. The lowest BCUT2D eigenvalue weighted by molar-refractivity contribution is -0.143. The molecule has 1 amide bonds. The van der Waals surface area contributed by atoms with E-state index < -0.39 is 0 Å². The molecule has 108 valence electrons. The third-order valence-corrected chi connectivity index (χ3v) is 5.73. The van der Waals surface area contributed by atoms with Crippen LogP contribution in [0, 0.1) is 28.6 Å². The molecular formula is C17H29NO. The van der Waals surface area contributed by atoms with Crippen molar-refractivity contribution in [1.82, 2.24) is 4.90 Å². The third kappa shape index (κ3) is 2.43. The normalized spacial score (nSPS) is 40.5. The molecule has 4 fully saturated rings. The molecule has 0 spiro atoms. The largest absolute Gasteiger partial charge is 0.345 e. The van der Waals surface area contributed by atoms with Gasteiger partial charge in [-0.1, -0.05) is 20.8 Å². The van der Waals surface area contributed by atoms with Crippen LogP contribution in [0.1, 0.15) is 59.3 Å². The van der Waals surface area contributed by atoms with Crippen molar-refractivity contribution < 1.29 is 4.79 Å². The van der Waals surface area contributed by atoms with Crippen LogP contribution in [0.15, 0.2) is 0 Å². The summed E-state index contributed by atoms with van der Waals surface area (Å²) in [5, 5.41) is 0. The molecule has 4 aliphatic carbocycles. The van der Waals surface area contributed by atoms with Crippen molar-refractivity contribution in [3.05, 3.63) is 0 Å². The van der Waals surface area contributed by atoms with E-state index in [4.69, 9.17) is 0 Å². The molecule has 2 heteroatoms. The van der Waals surface area contributed by atoms with E-state index in [2.05, 4.69) is 0 Å². The molecule has 0 atom stereocenters. The topological polar surface area (TPSA) is 20.3 Å². The van der Waals surface area contributed by atoms with Gasteiger partial charge >= 0.3 is 0 Å². The minimum absolute atomic E-state index is 0.239. The molecule has 19 heavy (non-hydrogen) atoms. The Balaban J connectivity index is 1.71. The fourth-order valence-electron chi connectivity index (χ4n) is 5.63. The van der Waals surface area contributed by atoms with Crippen molar-refractivity contribution in [1.29, 1.82) is 0 Å². The number of hydrogen-bond acceptors (Lipinski definition) is 1. The highest BCUT2D eigenvalue weighted by molar-refractivity contribution is 5.81. The van der Waals surface area contributed by atoms with Gasteiger partial charge in [0.1, 0.15) is 0 Å². The SMILES string of the molecule is CN(CC12CC3CC(CC(C3)C1)C2)C(=O)C(C)(C)C. The van der Waals surface area contributed by atoms with Crippen molar-refractivity contribution in [2.75, 3.05) is 13.6 Å². The molecule has 0 saturated heterocycles. The van der Waals surface area contributed by atoms with Gasteiger partial charge in [0.2, 0.25) is 5.91 Å². The molecule has 0 N–H and O–H groups in total. The average Bonchev–Trinajstić information content (AvgIpc) is 2.23. The van der Waals surface area contributed by atoms with Crippen LogP contribution in [0.4, 0.5) is 0 Å². The molecule has 0 aromatic carbocycles. The summed E-state index contributed by atoms with van der Waals surface area (Å²) in [5.41, 5.74) is 0.238. The molecule has 0 aromatic rings. The van der Waals surface area contributed by atoms with Gasteiger partial charge in [-0.15, -0.1) is 0 Å². The molecule has 0 radical (unpaired) electrons. The van der Waals surface area contributed by atoms with E-state index >= 15 is 0 Å². The zero-order chi connectivity index (χ0) is 13.8. The molecule has 0 aliphatic heterocycles. The minimum Gasteiger partial charge on any atom is -0.345 e. The smallest absolute Gasteiger partial charge is 0.227 e. The second-order valence-corrected chi connectivity index (χ2v) is 8.83. The molecule has 4 saturated carbocycles. The summed E-state index contributed by atoms with van der Waals surface area (Å²) >= 11 is 0. The zero-order valence-electron chi connectivity index (χ0n) is 13.0. The first kappa shape index (κ1) is 13.5. The van der Waals surface area contributed by atoms with Crippen LogP contribution in [0.3, 0.4) is 0 Å². The number of amides is 1. The van der Waals surface area contributed by atoms with E-state index in [0.29, 0.717) is 11.3 Å². The predicted molar refractivity (Wildman–Crippen MR) is 77.7 cm³/mol. The van der Waals surface area contributed by atoms with Crippen molar-refractivity contribution in [2.45, 2.75) is 59.3 Å². The van der Waals surface area contributed by atoms with Gasteiger partial charge in [0, 0.05) is 19.0 Å². The zero-order valence-corrected chi connectivity index (χ0v) is 13.0. The van der Waals surface area contributed by atoms with E-state index in [9.17, 15) is 4.79 Å². The number of carbonyl (C=O) groups excluding carboxylic acids is 1. The number of rotatable bonds is 2. The van der Waals surface area contributed by atoms with E-state index in [1.165, 1.54) is 38.5 Å². The maximum absolute atomic E-state index is 12.4. The van der Waals surface area contributed by atoms with Crippen LogP contribution >= 0.6 is 0 Å². The lowest BCUT2D eigenvalue weighted by atomic mass is 9.49. The highest BCUT2D eigenvalue weighted by Crippen LogP contribution is 2.60. The molecular weight excluding hydrogens is 234 g/mol. The summed E-state index contributed by atoms with van der Waals surface area (Å²) in [5.74, 6) is 3.24. The third-order valence-electron chi connectivity index (χ3n) is 5.73.